The number of allylic oxidation sites excluding steroid dienone is 2. The summed E-state index contributed by atoms with van der Waals surface area (Å²) >= 11 is 0. The summed E-state index contributed by atoms with van der Waals surface area (Å²) in [6.45, 7) is 7.44. The van der Waals surface area contributed by atoms with Crippen LogP contribution in [0.1, 0.15) is 77.8 Å². The molecule has 7 atom stereocenters. The smallest absolute Gasteiger partial charge is 0.133 e. The molecule has 3 heteroatoms. The number of rotatable bonds is 2. The summed E-state index contributed by atoms with van der Waals surface area (Å²) in [6.07, 6.45) is 15.2. The summed E-state index contributed by atoms with van der Waals surface area (Å²) in [5.41, 5.74) is 3.23. The predicted octanol–water partition coefficient (Wildman–Crippen LogP) is 5.72. The average Bonchev–Trinajstić information content (AvgIpc) is 3.06. The van der Waals surface area contributed by atoms with Gasteiger partial charge in [-0.1, -0.05) is 33.3 Å². The molecule has 0 saturated heterocycles. The molecule has 1 unspecified atom stereocenters. The van der Waals surface area contributed by atoms with Crippen LogP contribution in [-0.4, -0.2) is 15.8 Å². The lowest BCUT2D eigenvalue weighted by Crippen LogP contribution is -2.56. The van der Waals surface area contributed by atoms with Crippen LogP contribution >= 0.6 is 0 Å². The highest BCUT2D eigenvalue weighted by Crippen LogP contribution is 2.68. The SMILES string of the molecule is CC[C@@H]1CC2CC(=O)CC[C@]2(C)[C@H]2CC[C@]3(C)C(c4ccncn4)=CC[C@H]3[C@H]12. The first-order valence-electron chi connectivity index (χ1n) is 11.5. The molecule has 0 aliphatic heterocycles. The van der Waals surface area contributed by atoms with E-state index >= 15 is 0 Å². The summed E-state index contributed by atoms with van der Waals surface area (Å²) < 4.78 is 0. The molecule has 1 aromatic rings. The molecule has 0 N–H and O–H groups in total. The minimum Gasteiger partial charge on any atom is -0.300 e. The fourth-order valence-electron chi connectivity index (χ4n) is 8.07. The van der Waals surface area contributed by atoms with Gasteiger partial charge in [-0.25, -0.2) is 9.97 Å². The van der Waals surface area contributed by atoms with Crippen LogP contribution in [0.15, 0.2) is 24.7 Å². The van der Waals surface area contributed by atoms with Gasteiger partial charge in [0.15, 0.2) is 0 Å². The number of hydrogen-bond donors (Lipinski definition) is 0. The Labute approximate surface area is 169 Å². The molecule has 28 heavy (non-hydrogen) atoms. The van der Waals surface area contributed by atoms with Gasteiger partial charge >= 0.3 is 0 Å². The molecule has 1 heterocycles. The van der Waals surface area contributed by atoms with Gasteiger partial charge in [-0.15, -0.1) is 0 Å². The number of hydrogen-bond acceptors (Lipinski definition) is 3. The van der Waals surface area contributed by atoms with Crippen LogP contribution in [-0.2, 0) is 4.79 Å². The van der Waals surface area contributed by atoms with Crippen LogP contribution in [0.2, 0.25) is 0 Å². The van der Waals surface area contributed by atoms with E-state index in [0.717, 1.165) is 48.6 Å². The quantitative estimate of drug-likeness (QED) is 0.661. The number of carbonyl (C=O) groups is 1. The maximum absolute atomic E-state index is 12.2. The summed E-state index contributed by atoms with van der Waals surface area (Å²) in [5.74, 6) is 4.24. The van der Waals surface area contributed by atoms with Crippen molar-refractivity contribution in [1.82, 2.24) is 9.97 Å². The normalized spacial score (nSPS) is 45.0. The van der Waals surface area contributed by atoms with Crippen LogP contribution in [0.25, 0.3) is 5.57 Å². The first-order valence-corrected chi connectivity index (χ1v) is 11.5. The zero-order valence-corrected chi connectivity index (χ0v) is 17.7. The van der Waals surface area contributed by atoms with Gasteiger partial charge in [-0.2, -0.15) is 0 Å². The molecule has 150 valence electrons. The topological polar surface area (TPSA) is 42.9 Å². The van der Waals surface area contributed by atoms with E-state index in [0.29, 0.717) is 17.1 Å². The Morgan fingerprint density at radius 2 is 2.07 bits per heavy atom. The number of carbonyl (C=O) groups excluding carboxylic acids is 1. The Kier molecular flexibility index (Phi) is 4.30. The van der Waals surface area contributed by atoms with E-state index < -0.39 is 0 Å². The summed E-state index contributed by atoms with van der Waals surface area (Å²) in [7, 11) is 0. The molecule has 3 saturated carbocycles. The molecule has 0 aromatic carbocycles. The van der Waals surface area contributed by atoms with Gasteiger partial charge in [0.25, 0.3) is 0 Å². The van der Waals surface area contributed by atoms with E-state index in [2.05, 4.69) is 42.9 Å². The van der Waals surface area contributed by atoms with E-state index in [1.165, 1.54) is 37.7 Å². The van der Waals surface area contributed by atoms with Crippen molar-refractivity contribution in [1.29, 1.82) is 0 Å². The van der Waals surface area contributed by atoms with Gasteiger partial charge in [0.2, 0.25) is 0 Å². The lowest BCUT2D eigenvalue weighted by Gasteiger charge is -2.62. The Balaban J connectivity index is 1.50. The lowest BCUT2D eigenvalue weighted by molar-refractivity contribution is -0.146. The third-order valence-corrected chi connectivity index (χ3v) is 9.62. The van der Waals surface area contributed by atoms with E-state index in [4.69, 9.17) is 0 Å². The highest BCUT2D eigenvalue weighted by Gasteiger charge is 2.61. The van der Waals surface area contributed by atoms with Crippen molar-refractivity contribution in [3.8, 4) is 0 Å². The molecular weight excluding hydrogens is 344 g/mol. The van der Waals surface area contributed by atoms with Crippen LogP contribution in [0.4, 0.5) is 0 Å². The summed E-state index contributed by atoms with van der Waals surface area (Å²) in [4.78, 5) is 21.0. The fourth-order valence-corrected chi connectivity index (χ4v) is 8.07. The number of nitrogens with zero attached hydrogens (tertiary/aromatic N) is 2. The molecule has 0 radical (unpaired) electrons. The van der Waals surface area contributed by atoms with Gasteiger partial charge < -0.3 is 0 Å². The Bertz CT molecular complexity index is 802. The van der Waals surface area contributed by atoms with Crippen molar-refractivity contribution in [2.45, 2.75) is 72.1 Å². The number of fused-ring (bicyclic) bond motifs is 5. The molecular formula is C25H34N2O. The van der Waals surface area contributed by atoms with Crippen molar-refractivity contribution < 1.29 is 4.79 Å². The second-order valence-electron chi connectivity index (χ2n) is 10.5. The summed E-state index contributed by atoms with van der Waals surface area (Å²) in [6, 6.07) is 2.09. The average molecular weight is 379 g/mol. The third kappa shape index (κ3) is 2.50. The second kappa shape index (κ2) is 6.50. The third-order valence-electron chi connectivity index (χ3n) is 9.62. The van der Waals surface area contributed by atoms with Gasteiger partial charge in [-0.3, -0.25) is 4.79 Å². The van der Waals surface area contributed by atoms with Gasteiger partial charge in [0, 0.05) is 19.0 Å². The van der Waals surface area contributed by atoms with Crippen molar-refractivity contribution in [3.63, 3.8) is 0 Å². The number of Topliss-reactive ketones (excluding diaryl/α,β-unsaturated/α-hetero) is 1. The van der Waals surface area contributed by atoms with Crippen molar-refractivity contribution >= 4 is 11.4 Å². The molecule has 3 nitrogen and oxygen atoms in total. The Hall–Kier alpha value is -1.51. The first-order chi connectivity index (χ1) is 13.5. The highest BCUT2D eigenvalue weighted by molar-refractivity contribution is 5.79. The van der Waals surface area contributed by atoms with Crippen LogP contribution in [0.5, 0.6) is 0 Å². The number of ketones is 1. The second-order valence-corrected chi connectivity index (χ2v) is 10.5. The van der Waals surface area contributed by atoms with E-state index in [-0.39, 0.29) is 5.41 Å². The van der Waals surface area contributed by atoms with Crippen molar-refractivity contribution in [2.75, 3.05) is 0 Å². The van der Waals surface area contributed by atoms with E-state index in [1.807, 2.05) is 6.20 Å². The van der Waals surface area contributed by atoms with E-state index in [9.17, 15) is 4.79 Å². The van der Waals surface area contributed by atoms with Crippen molar-refractivity contribution in [3.05, 3.63) is 30.4 Å². The summed E-state index contributed by atoms with van der Waals surface area (Å²) in [5, 5.41) is 0. The molecule has 4 aliphatic rings. The largest absolute Gasteiger partial charge is 0.300 e. The van der Waals surface area contributed by atoms with E-state index in [1.54, 1.807) is 6.33 Å². The minimum atomic E-state index is 0.247. The van der Waals surface area contributed by atoms with Gasteiger partial charge in [-0.05, 0) is 84.2 Å². The molecule has 0 bridgehead atoms. The number of aromatic nitrogens is 2. The Morgan fingerprint density at radius 3 is 2.82 bits per heavy atom. The molecule has 0 amide bonds. The standard InChI is InChI=1S/C25H34N2O/c1-4-16-13-17-14-18(28)7-10-24(17,2)21-8-11-25(3)19(5-6-20(25)23(16)21)22-9-12-26-15-27-22/h5,9,12,15-17,20-21,23H,4,6-8,10-11,13-14H2,1-3H3/t16-,17?,20+,21+,23+,24+,25-/m1/s1. The molecule has 0 spiro atoms. The Morgan fingerprint density at radius 1 is 1.21 bits per heavy atom. The lowest BCUT2D eigenvalue weighted by atomic mass is 9.42. The monoisotopic (exact) mass is 378 g/mol. The predicted molar refractivity (Wildman–Crippen MR) is 111 cm³/mol. The zero-order valence-electron chi connectivity index (χ0n) is 17.7. The minimum absolute atomic E-state index is 0.247. The van der Waals surface area contributed by atoms with Crippen LogP contribution in [0.3, 0.4) is 0 Å². The highest BCUT2D eigenvalue weighted by atomic mass is 16.1. The first kappa shape index (κ1) is 18.5. The maximum atomic E-state index is 12.2. The van der Waals surface area contributed by atoms with Gasteiger partial charge in [0.1, 0.15) is 12.1 Å². The molecule has 4 aliphatic carbocycles. The molecule has 3 fully saturated rings. The fraction of sp³-hybridized carbons (Fsp3) is 0.720. The van der Waals surface area contributed by atoms with Gasteiger partial charge in [0.05, 0.1) is 5.69 Å². The van der Waals surface area contributed by atoms with Crippen LogP contribution < -0.4 is 0 Å². The molecule has 5 rings (SSSR count). The molecule has 1 aromatic heterocycles. The van der Waals surface area contributed by atoms with Crippen LogP contribution in [0, 0.1) is 40.4 Å². The maximum Gasteiger partial charge on any atom is 0.133 e. The van der Waals surface area contributed by atoms with Crippen molar-refractivity contribution in [2.24, 2.45) is 40.4 Å². The zero-order chi connectivity index (χ0) is 19.5.